The maximum atomic E-state index is 11.9. The smallest absolute Gasteiger partial charge is 0.338 e. The van der Waals surface area contributed by atoms with Gasteiger partial charge in [0.2, 0.25) is 0 Å². The normalized spacial score (nSPS) is 10.4. The van der Waals surface area contributed by atoms with Gasteiger partial charge in [0.1, 0.15) is 11.5 Å². The Morgan fingerprint density at radius 2 is 1.13 bits per heavy atom. The minimum atomic E-state index is -0.443. The van der Waals surface area contributed by atoms with Crippen molar-refractivity contribution in [3.63, 3.8) is 0 Å². The molecule has 0 bridgehead atoms. The maximum absolute atomic E-state index is 11.9. The summed E-state index contributed by atoms with van der Waals surface area (Å²) in [6.45, 7) is 14.6. The molecule has 6 heteroatoms. The number of hydrogen-bond acceptors (Lipinski definition) is 6. The Hall–Kier alpha value is -2.44. The van der Waals surface area contributed by atoms with Crippen LogP contribution < -0.4 is 9.47 Å². The molecule has 0 aliphatic carbocycles. The molecule has 0 saturated heterocycles. The lowest BCUT2D eigenvalue weighted by Crippen LogP contribution is -2.08. The van der Waals surface area contributed by atoms with Gasteiger partial charge in [0.05, 0.1) is 0 Å². The van der Waals surface area contributed by atoms with Gasteiger partial charge in [0.25, 0.3) is 0 Å². The predicted molar refractivity (Wildman–Crippen MR) is 126 cm³/mol. The molecule has 0 unspecified atom stereocenters. The molecule has 0 atom stereocenters. The van der Waals surface area contributed by atoms with Gasteiger partial charge in [-0.1, -0.05) is 27.0 Å². The number of ether oxygens (including phenoxy) is 2. The van der Waals surface area contributed by atoms with E-state index >= 15 is 0 Å². The van der Waals surface area contributed by atoms with Crippen molar-refractivity contribution in [2.75, 3.05) is 11.5 Å². The molecule has 0 heterocycles. The average Bonchev–Trinajstić information content (AvgIpc) is 2.69. The lowest BCUT2D eigenvalue weighted by molar-refractivity contribution is -0.130. The van der Waals surface area contributed by atoms with Crippen molar-refractivity contribution >= 4 is 35.5 Å². The van der Waals surface area contributed by atoms with Crippen molar-refractivity contribution in [3.8, 4) is 22.6 Å². The monoisotopic (exact) mass is 442 g/mol. The molecule has 0 N–H and O–H groups in total. The van der Waals surface area contributed by atoms with Crippen molar-refractivity contribution < 1.29 is 19.1 Å². The first-order valence-corrected chi connectivity index (χ1v) is 11.5. The molecule has 158 valence electrons. The first-order valence-electron chi connectivity index (χ1n) is 9.56. The molecule has 0 radical (unpaired) electrons. The van der Waals surface area contributed by atoms with Gasteiger partial charge in [0, 0.05) is 20.9 Å². The molecule has 0 aliphatic rings. The van der Waals surface area contributed by atoms with Crippen LogP contribution in [0.1, 0.15) is 27.7 Å². The molecule has 0 amide bonds. The maximum Gasteiger partial charge on any atom is 0.338 e. The molecular formula is C24H26O4S2. The SMILES string of the molecule is C=C(C)C(=O)Oc1ccc(-c2ccc(OC(=O)C(=C)C)cc2SCC)c(SCC)c1. The van der Waals surface area contributed by atoms with Gasteiger partial charge in [-0.05, 0) is 72.9 Å². The number of rotatable bonds is 9. The minimum absolute atomic E-state index is 0.352. The summed E-state index contributed by atoms with van der Waals surface area (Å²) in [4.78, 5) is 25.8. The third kappa shape index (κ3) is 6.28. The van der Waals surface area contributed by atoms with Crippen LogP contribution >= 0.6 is 23.5 Å². The van der Waals surface area contributed by atoms with E-state index in [0.29, 0.717) is 22.6 Å². The zero-order valence-electron chi connectivity index (χ0n) is 17.7. The summed E-state index contributed by atoms with van der Waals surface area (Å²) in [6.07, 6.45) is 0. The highest BCUT2D eigenvalue weighted by Crippen LogP contribution is 2.40. The number of carbonyl (C=O) groups is 2. The van der Waals surface area contributed by atoms with E-state index in [1.54, 1.807) is 49.5 Å². The topological polar surface area (TPSA) is 52.6 Å². The van der Waals surface area contributed by atoms with Gasteiger partial charge in [-0.15, -0.1) is 23.5 Å². The number of carbonyl (C=O) groups excluding carboxylic acids is 2. The summed E-state index contributed by atoms with van der Waals surface area (Å²) in [6, 6.07) is 11.2. The molecule has 30 heavy (non-hydrogen) atoms. The number of esters is 2. The van der Waals surface area contributed by atoms with Crippen LogP contribution in [0.15, 0.2) is 70.5 Å². The molecule has 0 aliphatic heterocycles. The highest BCUT2D eigenvalue weighted by Gasteiger charge is 2.15. The summed E-state index contributed by atoms with van der Waals surface area (Å²) >= 11 is 3.34. The second-order valence-corrected chi connectivity index (χ2v) is 9.13. The molecule has 2 rings (SSSR count). The average molecular weight is 443 g/mol. The highest BCUT2D eigenvalue weighted by atomic mass is 32.2. The third-order valence-electron chi connectivity index (χ3n) is 3.91. The molecule has 0 aromatic heterocycles. The van der Waals surface area contributed by atoms with Crippen LogP contribution in [0.5, 0.6) is 11.5 Å². The van der Waals surface area contributed by atoms with Crippen LogP contribution in [-0.2, 0) is 9.59 Å². The summed E-state index contributed by atoms with van der Waals surface area (Å²) < 4.78 is 10.8. The second kappa shape index (κ2) is 11.1. The Morgan fingerprint density at radius 3 is 1.43 bits per heavy atom. The summed E-state index contributed by atoms with van der Waals surface area (Å²) in [7, 11) is 0. The van der Waals surface area contributed by atoms with Gasteiger partial charge in [-0.3, -0.25) is 0 Å². The zero-order valence-corrected chi connectivity index (χ0v) is 19.4. The van der Waals surface area contributed by atoms with Crippen LogP contribution in [0.3, 0.4) is 0 Å². The molecule has 0 fully saturated rings. The van der Waals surface area contributed by atoms with E-state index in [9.17, 15) is 9.59 Å². The lowest BCUT2D eigenvalue weighted by Gasteiger charge is -2.15. The number of benzene rings is 2. The fourth-order valence-electron chi connectivity index (χ4n) is 2.52. The van der Waals surface area contributed by atoms with Crippen LogP contribution in [0.4, 0.5) is 0 Å². The first kappa shape index (κ1) is 23.8. The largest absolute Gasteiger partial charge is 0.423 e. The molecular weight excluding hydrogens is 416 g/mol. The van der Waals surface area contributed by atoms with Crippen LogP contribution in [0.2, 0.25) is 0 Å². The van der Waals surface area contributed by atoms with E-state index in [1.165, 1.54) is 0 Å². The Balaban J connectivity index is 2.47. The van der Waals surface area contributed by atoms with E-state index < -0.39 is 11.9 Å². The lowest BCUT2D eigenvalue weighted by atomic mass is 10.0. The Kier molecular flexibility index (Phi) is 8.81. The van der Waals surface area contributed by atoms with Gasteiger partial charge < -0.3 is 9.47 Å². The number of hydrogen-bond donors (Lipinski definition) is 0. The second-order valence-electron chi connectivity index (χ2n) is 6.52. The standard InChI is InChI=1S/C24H26O4S2/c1-7-29-21-13-17(27-23(25)15(3)4)9-11-19(21)20-12-10-18(14-22(20)30-8-2)28-24(26)16(5)6/h9-14H,3,5,7-8H2,1-2,4,6H3. The van der Waals surface area contributed by atoms with E-state index in [0.717, 1.165) is 32.4 Å². The first-order chi connectivity index (χ1) is 14.3. The fourth-order valence-corrected chi connectivity index (χ4v) is 4.20. The fraction of sp³-hybridized carbons (Fsp3) is 0.250. The van der Waals surface area contributed by atoms with E-state index in [2.05, 4.69) is 27.0 Å². The zero-order chi connectivity index (χ0) is 22.3. The minimum Gasteiger partial charge on any atom is -0.423 e. The third-order valence-corrected chi connectivity index (χ3v) is 5.79. The van der Waals surface area contributed by atoms with Crippen molar-refractivity contribution in [2.45, 2.75) is 37.5 Å². The van der Waals surface area contributed by atoms with Gasteiger partial charge in [-0.2, -0.15) is 0 Å². The Morgan fingerprint density at radius 1 is 0.767 bits per heavy atom. The molecule has 0 saturated carbocycles. The van der Waals surface area contributed by atoms with Gasteiger partial charge >= 0.3 is 11.9 Å². The quantitative estimate of drug-likeness (QED) is 0.190. The van der Waals surface area contributed by atoms with Crippen molar-refractivity contribution in [3.05, 3.63) is 60.7 Å². The van der Waals surface area contributed by atoms with Gasteiger partial charge in [0.15, 0.2) is 0 Å². The molecule has 4 nitrogen and oxygen atoms in total. The van der Waals surface area contributed by atoms with Crippen LogP contribution in [0, 0.1) is 0 Å². The Labute approximate surface area is 186 Å². The van der Waals surface area contributed by atoms with Crippen LogP contribution in [0.25, 0.3) is 11.1 Å². The van der Waals surface area contributed by atoms with Gasteiger partial charge in [-0.25, -0.2) is 9.59 Å². The molecule has 0 spiro atoms. The van der Waals surface area contributed by atoms with Crippen molar-refractivity contribution in [1.29, 1.82) is 0 Å². The molecule has 2 aromatic rings. The van der Waals surface area contributed by atoms with E-state index in [1.807, 2.05) is 24.3 Å². The highest BCUT2D eigenvalue weighted by molar-refractivity contribution is 7.99. The summed E-state index contributed by atoms with van der Waals surface area (Å²) in [5, 5.41) is 0. The van der Waals surface area contributed by atoms with E-state index in [-0.39, 0.29) is 0 Å². The summed E-state index contributed by atoms with van der Waals surface area (Å²) in [5.41, 5.74) is 2.77. The Bertz CT molecular complexity index is 900. The summed E-state index contributed by atoms with van der Waals surface area (Å²) in [5.74, 6) is 1.83. The van der Waals surface area contributed by atoms with Crippen molar-refractivity contribution in [2.24, 2.45) is 0 Å². The number of thioether (sulfide) groups is 2. The van der Waals surface area contributed by atoms with Crippen LogP contribution in [-0.4, -0.2) is 23.4 Å². The molecule has 2 aromatic carbocycles. The van der Waals surface area contributed by atoms with E-state index in [4.69, 9.17) is 9.47 Å². The van der Waals surface area contributed by atoms with Crippen molar-refractivity contribution in [1.82, 2.24) is 0 Å². The predicted octanol–water partition coefficient (Wildman–Crippen LogP) is 6.54.